The smallest absolute Gasteiger partial charge is 0.322 e. The van der Waals surface area contributed by atoms with Crippen LogP contribution in [0.5, 0.6) is 0 Å². The predicted octanol–water partition coefficient (Wildman–Crippen LogP) is 3.75. The molecule has 1 aromatic heterocycles. The van der Waals surface area contributed by atoms with Crippen molar-refractivity contribution in [3.63, 3.8) is 0 Å². The molecule has 0 saturated carbocycles. The van der Waals surface area contributed by atoms with Crippen LogP contribution in [0.1, 0.15) is 47.7 Å². The first-order chi connectivity index (χ1) is 13.4. The van der Waals surface area contributed by atoms with Gasteiger partial charge in [0.1, 0.15) is 0 Å². The quantitative estimate of drug-likeness (QED) is 0.640. The van der Waals surface area contributed by atoms with Crippen molar-refractivity contribution in [2.75, 3.05) is 5.32 Å². The fourth-order valence-electron chi connectivity index (χ4n) is 3.14. The Balaban J connectivity index is 1.90. The minimum absolute atomic E-state index is 0.293. The molecule has 146 valence electrons. The molecular weight excluding hydrogens is 354 g/mol. The molecular formula is C22H25N3O3. The van der Waals surface area contributed by atoms with Gasteiger partial charge in [0.05, 0.1) is 10.9 Å². The van der Waals surface area contributed by atoms with Crippen molar-refractivity contribution in [1.29, 1.82) is 0 Å². The van der Waals surface area contributed by atoms with Gasteiger partial charge in [-0.15, -0.1) is 0 Å². The van der Waals surface area contributed by atoms with E-state index in [0.717, 1.165) is 30.4 Å². The lowest BCUT2D eigenvalue weighted by atomic mass is 10.1. The highest BCUT2D eigenvalue weighted by molar-refractivity contribution is 6.06. The van der Waals surface area contributed by atoms with Crippen molar-refractivity contribution < 1.29 is 4.79 Å². The third-order valence-electron chi connectivity index (χ3n) is 4.99. The Kier molecular flexibility index (Phi) is 5.78. The number of unbranched alkanes of at least 4 members (excludes halogenated alkanes) is 2. The molecule has 6 heteroatoms. The second kappa shape index (κ2) is 8.25. The number of carbonyl (C=O) groups is 1. The number of hydrogen-bond acceptors (Lipinski definition) is 3. The fraction of sp³-hybridized carbons (Fsp3) is 0.318. The Hall–Kier alpha value is -3.15. The van der Waals surface area contributed by atoms with Gasteiger partial charge in [-0.05, 0) is 61.7 Å². The molecule has 28 heavy (non-hydrogen) atoms. The first-order valence-electron chi connectivity index (χ1n) is 9.56. The maximum Gasteiger partial charge on any atom is 0.328 e. The lowest BCUT2D eigenvalue weighted by molar-refractivity contribution is 0.102. The average molecular weight is 379 g/mol. The van der Waals surface area contributed by atoms with Crippen molar-refractivity contribution in [2.45, 2.75) is 46.6 Å². The topological polar surface area (TPSA) is 84.0 Å². The van der Waals surface area contributed by atoms with Crippen LogP contribution in [0.3, 0.4) is 0 Å². The number of carbonyl (C=O) groups excluding carboxylic acids is 1. The zero-order chi connectivity index (χ0) is 20.3. The summed E-state index contributed by atoms with van der Waals surface area (Å²) >= 11 is 0. The second-order valence-corrected chi connectivity index (χ2v) is 7.11. The molecule has 0 radical (unpaired) electrons. The minimum Gasteiger partial charge on any atom is -0.322 e. The van der Waals surface area contributed by atoms with E-state index < -0.39 is 5.69 Å². The Morgan fingerprint density at radius 1 is 1.04 bits per heavy atom. The first kappa shape index (κ1) is 19.6. The summed E-state index contributed by atoms with van der Waals surface area (Å²) in [4.78, 5) is 40.2. The molecule has 0 aliphatic rings. The Morgan fingerprint density at radius 3 is 2.54 bits per heavy atom. The summed E-state index contributed by atoms with van der Waals surface area (Å²) in [6.45, 7) is 6.46. The zero-order valence-corrected chi connectivity index (χ0v) is 16.5. The van der Waals surface area contributed by atoms with Gasteiger partial charge >= 0.3 is 5.69 Å². The third-order valence-corrected chi connectivity index (χ3v) is 4.99. The molecule has 2 N–H and O–H groups in total. The second-order valence-electron chi connectivity index (χ2n) is 7.11. The van der Waals surface area contributed by atoms with E-state index in [1.165, 1.54) is 4.57 Å². The van der Waals surface area contributed by atoms with Gasteiger partial charge in [-0.25, -0.2) is 4.79 Å². The monoisotopic (exact) mass is 379 g/mol. The summed E-state index contributed by atoms with van der Waals surface area (Å²) < 4.78 is 1.23. The van der Waals surface area contributed by atoms with Gasteiger partial charge < -0.3 is 10.3 Å². The van der Waals surface area contributed by atoms with Crippen molar-refractivity contribution in [2.24, 2.45) is 0 Å². The number of H-pyrrole nitrogens is 1. The van der Waals surface area contributed by atoms with Crippen LogP contribution in [0.25, 0.3) is 10.9 Å². The molecule has 1 heterocycles. The van der Waals surface area contributed by atoms with Gasteiger partial charge in [-0.2, -0.15) is 0 Å². The van der Waals surface area contributed by atoms with Crippen LogP contribution in [0, 0.1) is 13.8 Å². The Labute approximate surface area is 163 Å². The van der Waals surface area contributed by atoms with E-state index >= 15 is 0 Å². The molecule has 3 rings (SSSR count). The van der Waals surface area contributed by atoms with Crippen LogP contribution in [0.2, 0.25) is 0 Å². The van der Waals surface area contributed by atoms with Crippen molar-refractivity contribution in [3.05, 3.63) is 73.9 Å². The van der Waals surface area contributed by atoms with E-state index in [1.54, 1.807) is 18.2 Å². The number of nitrogens with one attached hydrogen (secondary N) is 2. The van der Waals surface area contributed by atoms with Crippen LogP contribution in [0.4, 0.5) is 5.69 Å². The van der Waals surface area contributed by atoms with Gasteiger partial charge in [-0.3, -0.25) is 14.2 Å². The highest BCUT2D eigenvalue weighted by Crippen LogP contribution is 2.16. The molecule has 0 saturated heterocycles. The number of hydrogen-bond donors (Lipinski definition) is 2. The number of aromatic amines is 1. The van der Waals surface area contributed by atoms with E-state index in [9.17, 15) is 14.4 Å². The number of aromatic nitrogens is 2. The van der Waals surface area contributed by atoms with Crippen LogP contribution in [0.15, 0.2) is 46.0 Å². The van der Waals surface area contributed by atoms with E-state index in [-0.39, 0.29) is 11.5 Å². The summed E-state index contributed by atoms with van der Waals surface area (Å²) in [7, 11) is 0. The number of amides is 1. The molecule has 0 bridgehead atoms. The normalized spacial score (nSPS) is 11.0. The van der Waals surface area contributed by atoms with Crippen molar-refractivity contribution >= 4 is 22.5 Å². The Morgan fingerprint density at radius 2 is 1.82 bits per heavy atom. The Bertz CT molecular complexity index is 1140. The highest BCUT2D eigenvalue weighted by Gasteiger charge is 2.12. The molecule has 0 aliphatic carbocycles. The maximum absolute atomic E-state index is 12.6. The number of fused-ring (bicyclic) bond motifs is 1. The van der Waals surface area contributed by atoms with Crippen LogP contribution >= 0.6 is 0 Å². The van der Waals surface area contributed by atoms with E-state index in [4.69, 9.17) is 0 Å². The molecule has 0 aliphatic heterocycles. The molecule has 0 spiro atoms. The van der Waals surface area contributed by atoms with Crippen LogP contribution < -0.4 is 16.6 Å². The predicted molar refractivity (Wildman–Crippen MR) is 112 cm³/mol. The minimum atomic E-state index is -0.444. The molecule has 2 aromatic carbocycles. The average Bonchev–Trinajstić information content (AvgIpc) is 2.67. The first-order valence-corrected chi connectivity index (χ1v) is 9.56. The maximum atomic E-state index is 12.6. The fourth-order valence-corrected chi connectivity index (χ4v) is 3.14. The highest BCUT2D eigenvalue weighted by atomic mass is 16.2. The molecule has 0 fully saturated rings. The van der Waals surface area contributed by atoms with Gasteiger partial charge in [-0.1, -0.05) is 25.8 Å². The summed E-state index contributed by atoms with van der Waals surface area (Å²) in [5, 5.41) is 3.25. The van der Waals surface area contributed by atoms with E-state index in [1.807, 2.05) is 32.0 Å². The van der Waals surface area contributed by atoms with Gasteiger partial charge in [0.2, 0.25) is 0 Å². The summed E-state index contributed by atoms with van der Waals surface area (Å²) in [6, 6.07) is 10.5. The number of nitrogens with zero attached hydrogens (tertiary/aromatic N) is 1. The summed E-state index contributed by atoms with van der Waals surface area (Å²) in [6.07, 6.45) is 2.75. The molecule has 6 nitrogen and oxygen atoms in total. The number of anilines is 1. The van der Waals surface area contributed by atoms with Crippen molar-refractivity contribution in [1.82, 2.24) is 9.55 Å². The summed E-state index contributed by atoms with van der Waals surface area (Å²) in [5.41, 5.74) is 2.92. The lowest BCUT2D eigenvalue weighted by Crippen LogP contribution is -2.35. The number of aryl methyl sites for hydroxylation is 2. The van der Waals surface area contributed by atoms with E-state index in [2.05, 4.69) is 17.2 Å². The molecule has 0 unspecified atom stereocenters. The number of rotatable bonds is 6. The van der Waals surface area contributed by atoms with Crippen LogP contribution in [-0.4, -0.2) is 15.5 Å². The zero-order valence-electron chi connectivity index (χ0n) is 16.5. The standard InChI is InChI=1S/C22H25N3O3/c1-4-5-6-11-25-21(27)18-10-8-16(13-19(18)24-22(25)28)20(26)23-17-9-7-14(2)15(3)12-17/h7-10,12-13H,4-6,11H2,1-3H3,(H,23,26)(H,24,28). The molecule has 0 atom stereocenters. The lowest BCUT2D eigenvalue weighted by Gasteiger charge is -2.09. The molecule has 1 amide bonds. The molecule has 3 aromatic rings. The number of benzene rings is 2. The van der Waals surface area contributed by atoms with E-state index in [0.29, 0.717) is 28.7 Å². The SMILES string of the molecule is CCCCCn1c(=O)[nH]c2cc(C(=O)Nc3ccc(C)c(C)c3)ccc2c1=O. The van der Waals surface area contributed by atoms with Gasteiger partial charge in [0.25, 0.3) is 11.5 Å². The largest absolute Gasteiger partial charge is 0.328 e. The van der Waals surface area contributed by atoms with Crippen LogP contribution in [-0.2, 0) is 6.54 Å². The van der Waals surface area contributed by atoms with Gasteiger partial charge in [0.15, 0.2) is 0 Å². The van der Waals surface area contributed by atoms with Gasteiger partial charge in [0, 0.05) is 17.8 Å². The third kappa shape index (κ3) is 4.06. The van der Waals surface area contributed by atoms with Crippen molar-refractivity contribution in [3.8, 4) is 0 Å². The summed E-state index contributed by atoms with van der Waals surface area (Å²) in [5.74, 6) is -0.293.